The van der Waals surface area contributed by atoms with Crippen LogP contribution in [0.15, 0.2) is 0 Å². The fraction of sp³-hybridized carbons (Fsp3) is 0.619. The minimum Gasteiger partial charge on any atom is -0.444 e. The lowest BCUT2D eigenvalue weighted by Crippen LogP contribution is -2.44. The summed E-state index contributed by atoms with van der Waals surface area (Å²) in [6.07, 6.45) is 4.54. The normalized spacial score (nSPS) is 17.4. The Balaban J connectivity index is 1.46. The van der Waals surface area contributed by atoms with Gasteiger partial charge in [0.25, 0.3) is 0 Å². The second kappa shape index (κ2) is 7.31. The number of anilines is 2. The number of fused-ring (bicyclic) bond motifs is 2. The summed E-state index contributed by atoms with van der Waals surface area (Å²) < 4.78 is 5.46. The molecule has 1 fully saturated rings. The number of hydrogen-bond acceptors (Lipinski definition) is 7. The van der Waals surface area contributed by atoms with E-state index < -0.39 is 5.60 Å². The van der Waals surface area contributed by atoms with Crippen molar-refractivity contribution in [1.82, 2.24) is 19.9 Å². The first-order chi connectivity index (χ1) is 13.7. The molecule has 0 saturated carbocycles. The summed E-state index contributed by atoms with van der Waals surface area (Å²) in [6.45, 7) is 9.01. The van der Waals surface area contributed by atoms with Gasteiger partial charge in [0.2, 0.25) is 5.95 Å². The average Bonchev–Trinajstić information content (AvgIpc) is 3.09. The molecule has 2 aliphatic rings. The van der Waals surface area contributed by atoms with Gasteiger partial charge in [-0.05, 0) is 70.9 Å². The molecule has 3 heterocycles. The van der Waals surface area contributed by atoms with E-state index in [-0.39, 0.29) is 12.1 Å². The maximum absolute atomic E-state index is 12.2. The number of nitrogen functional groups attached to an aromatic ring is 1. The molecule has 1 saturated heterocycles. The molecule has 0 radical (unpaired) electrons. The molecule has 0 unspecified atom stereocenters. The van der Waals surface area contributed by atoms with Gasteiger partial charge in [-0.2, -0.15) is 9.97 Å². The molecule has 1 amide bonds. The smallest absolute Gasteiger partial charge is 0.410 e. The minimum atomic E-state index is -0.478. The summed E-state index contributed by atoms with van der Waals surface area (Å²) >= 11 is 0. The van der Waals surface area contributed by atoms with E-state index in [1.807, 2.05) is 20.8 Å². The Hall–Kier alpha value is -2.64. The summed E-state index contributed by atoms with van der Waals surface area (Å²) in [5.41, 5.74) is 10.1. The number of aryl methyl sites for hydroxylation is 2. The summed E-state index contributed by atoms with van der Waals surface area (Å²) in [5.74, 6) is 0.985. The van der Waals surface area contributed by atoms with Crippen molar-refractivity contribution in [3.63, 3.8) is 0 Å². The molecule has 1 aliphatic heterocycles. The van der Waals surface area contributed by atoms with Crippen LogP contribution in [0, 0.1) is 6.92 Å². The zero-order valence-corrected chi connectivity index (χ0v) is 17.7. The van der Waals surface area contributed by atoms with Gasteiger partial charge in [-0.25, -0.2) is 9.78 Å². The lowest BCUT2D eigenvalue weighted by atomic mass is 10.0. The van der Waals surface area contributed by atoms with Crippen molar-refractivity contribution in [3.05, 3.63) is 16.8 Å². The van der Waals surface area contributed by atoms with Crippen LogP contribution in [-0.2, 0) is 17.6 Å². The van der Waals surface area contributed by atoms with Gasteiger partial charge in [-0.1, -0.05) is 0 Å². The fourth-order valence-corrected chi connectivity index (χ4v) is 4.22. The van der Waals surface area contributed by atoms with Crippen molar-refractivity contribution in [2.45, 2.75) is 71.4 Å². The Labute approximate surface area is 171 Å². The Morgan fingerprint density at radius 3 is 2.59 bits per heavy atom. The predicted molar refractivity (Wildman–Crippen MR) is 113 cm³/mol. The van der Waals surface area contributed by atoms with Crippen LogP contribution >= 0.6 is 0 Å². The van der Waals surface area contributed by atoms with Crippen molar-refractivity contribution in [3.8, 4) is 0 Å². The van der Waals surface area contributed by atoms with Gasteiger partial charge in [-0.15, -0.1) is 0 Å². The number of carbonyl (C=O) groups excluding carboxylic acids is 1. The van der Waals surface area contributed by atoms with Gasteiger partial charge in [0, 0.05) is 24.8 Å². The van der Waals surface area contributed by atoms with Crippen LogP contribution in [0.5, 0.6) is 0 Å². The molecule has 8 heteroatoms. The maximum atomic E-state index is 12.2. The number of piperidine rings is 1. The van der Waals surface area contributed by atoms with E-state index in [1.54, 1.807) is 4.90 Å². The average molecular weight is 399 g/mol. The van der Waals surface area contributed by atoms with Gasteiger partial charge in [0.15, 0.2) is 5.65 Å². The van der Waals surface area contributed by atoms with E-state index in [1.165, 1.54) is 5.56 Å². The number of nitrogens with one attached hydrogen (secondary N) is 1. The van der Waals surface area contributed by atoms with Gasteiger partial charge in [0.05, 0.1) is 5.39 Å². The van der Waals surface area contributed by atoms with E-state index in [0.717, 1.165) is 48.7 Å². The monoisotopic (exact) mass is 398 g/mol. The number of ether oxygens (including phenoxy) is 1. The number of nitrogens with two attached hydrogens (primary N) is 1. The van der Waals surface area contributed by atoms with Crippen LogP contribution in [0.1, 0.15) is 56.9 Å². The van der Waals surface area contributed by atoms with Crippen LogP contribution in [0.4, 0.5) is 16.6 Å². The summed E-state index contributed by atoms with van der Waals surface area (Å²) in [4.78, 5) is 27.9. The SMILES string of the molecule is Cc1c2c(nc3nc(NC4CCN(C(=O)OC(C)(C)C)CC4)nc(N)c13)CCC2. The number of amides is 1. The predicted octanol–water partition coefficient (Wildman–Crippen LogP) is 3.22. The number of hydrogen-bond donors (Lipinski definition) is 2. The van der Waals surface area contributed by atoms with Crippen molar-refractivity contribution in [2.75, 3.05) is 24.1 Å². The third-order valence-electron chi connectivity index (χ3n) is 5.66. The number of likely N-dealkylation sites (tertiary alicyclic amines) is 1. The van der Waals surface area contributed by atoms with Crippen LogP contribution in [0.3, 0.4) is 0 Å². The first-order valence-corrected chi connectivity index (χ1v) is 10.4. The number of carbonyl (C=O) groups is 1. The quantitative estimate of drug-likeness (QED) is 0.800. The molecule has 0 atom stereocenters. The maximum Gasteiger partial charge on any atom is 0.410 e. The molecular formula is C21H30N6O2. The first-order valence-electron chi connectivity index (χ1n) is 10.4. The summed E-state index contributed by atoms with van der Waals surface area (Å²) in [7, 11) is 0. The Kier molecular flexibility index (Phi) is 4.96. The number of pyridine rings is 1. The lowest BCUT2D eigenvalue weighted by molar-refractivity contribution is 0.0210. The standard InChI is InChI=1S/C21H30N6O2/c1-12-14-6-5-7-15(14)24-18-16(12)17(22)25-19(26-18)23-13-8-10-27(11-9-13)20(28)29-21(2,3)4/h13H,5-11H2,1-4H3,(H3,22,23,24,25,26). The zero-order valence-electron chi connectivity index (χ0n) is 17.7. The third-order valence-corrected chi connectivity index (χ3v) is 5.66. The molecule has 29 heavy (non-hydrogen) atoms. The van der Waals surface area contributed by atoms with E-state index >= 15 is 0 Å². The first kappa shape index (κ1) is 19.7. The van der Waals surface area contributed by atoms with Gasteiger partial charge >= 0.3 is 6.09 Å². The molecule has 0 aromatic carbocycles. The highest BCUT2D eigenvalue weighted by atomic mass is 16.6. The van der Waals surface area contributed by atoms with Crippen LogP contribution in [0.2, 0.25) is 0 Å². The topological polar surface area (TPSA) is 106 Å². The Bertz CT molecular complexity index is 945. The van der Waals surface area contributed by atoms with Gasteiger partial charge in [-0.3, -0.25) is 0 Å². The van der Waals surface area contributed by atoms with Crippen molar-refractivity contribution in [2.24, 2.45) is 0 Å². The van der Waals surface area contributed by atoms with E-state index in [9.17, 15) is 4.79 Å². The highest BCUT2D eigenvalue weighted by Gasteiger charge is 2.27. The highest BCUT2D eigenvalue weighted by molar-refractivity contribution is 5.90. The fourth-order valence-electron chi connectivity index (χ4n) is 4.22. The van der Waals surface area contributed by atoms with Crippen molar-refractivity contribution >= 4 is 28.9 Å². The molecule has 4 rings (SSSR count). The minimum absolute atomic E-state index is 0.182. The number of nitrogens with zero attached hydrogens (tertiary/aromatic N) is 4. The molecule has 1 aliphatic carbocycles. The second-order valence-electron chi connectivity index (χ2n) is 9.03. The number of rotatable bonds is 2. The Morgan fingerprint density at radius 2 is 1.90 bits per heavy atom. The zero-order chi connectivity index (χ0) is 20.8. The van der Waals surface area contributed by atoms with E-state index in [4.69, 9.17) is 15.5 Å². The second-order valence-corrected chi connectivity index (χ2v) is 9.03. The van der Waals surface area contributed by atoms with Gasteiger partial charge in [0.1, 0.15) is 11.4 Å². The summed E-state index contributed by atoms with van der Waals surface area (Å²) in [6, 6.07) is 0.182. The summed E-state index contributed by atoms with van der Waals surface area (Å²) in [5, 5.41) is 4.26. The molecule has 2 aromatic heterocycles. The van der Waals surface area contributed by atoms with Gasteiger partial charge < -0.3 is 20.7 Å². The molecule has 8 nitrogen and oxygen atoms in total. The van der Waals surface area contributed by atoms with Crippen LogP contribution in [0.25, 0.3) is 11.0 Å². The number of aromatic nitrogens is 3. The highest BCUT2D eigenvalue weighted by Crippen LogP contribution is 2.31. The largest absolute Gasteiger partial charge is 0.444 e. The van der Waals surface area contributed by atoms with Crippen LogP contribution < -0.4 is 11.1 Å². The van der Waals surface area contributed by atoms with E-state index in [0.29, 0.717) is 30.5 Å². The van der Waals surface area contributed by atoms with Crippen molar-refractivity contribution < 1.29 is 9.53 Å². The molecule has 2 aromatic rings. The lowest BCUT2D eigenvalue weighted by Gasteiger charge is -2.33. The van der Waals surface area contributed by atoms with E-state index in [2.05, 4.69) is 22.2 Å². The van der Waals surface area contributed by atoms with Crippen molar-refractivity contribution in [1.29, 1.82) is 0 Å². The molecule has 3 N–H and O–H groups in total. The molecule has 156 valence electrons. The third kappa shape index (κ3) is 4.06. The molecule has 0 spiro atoms. The molecular weight excluding hydrogens is 368 g/mol. The molecule has 0 bridgehead atoms. The Morgan fingerprint density at radius 1 is 1.17 bits per heavy atom. The van der Waals surface area contributed by atoms with Crippen LogP contribution in [-0.4, -0.2) is 50.7 Å².